The predicted molar refractivity (Wildman–Crippen MR) is 101 cm³/mol. The highest BCUT2D eigenvalue weighted by Gasteiger charge is 2.18. The van der Waals surface area contributed by atoms with Crippen LogP contribution in [0.2, 0.25) is 0 Å². The summed E-state index contributed by atoms with van der Waals surface area (Å²) in [4.78, 5) is 21.2. The van der Waals surface area contributed by atoms with E-state index < -0.39 is 0 Å². The highest BCUT2D eigenvalue weighted by atomic mass is 16.5. The Bertz CT molecular complexity index is 983. The van der Waals surface area contributed by atoms with Gasteiger partial charge in [0.2, 0.25) is 17.7 Å². The fourth-order valence-corrected chi connectivity index (χ4v) is 3.22. The molecule has 0 saturated carbocycles. The molecule has 0 bridgehead atoms. The second-order valence-electron chi connectivity index (χ2n) is 6.66. The third-order valence-corrected chi connectivity index (χ3v) is 4.83. The lowest BCUT2D eigenvalue weighted by Gasteiger charge is -2.11. The van der Waals surface area contributed by atoms with Crippen molar-refractivity contribution in [3.63, 3.8) is 0 Å². The summed E-state index contributed by atoms with van der Waals surface area (Å²) in [6, 6.07) is 0. The quantitative estimate of drug-likeness (QED) is 0.715. The smallest absolute Gasteiger partial charge is 0.242 e. The monoisotopic (exact) mass is 371 g/mol. The topological polar surface area (TPSA) is 95.1 Å². The minimum Gasteiger partial charge on any atom is -0.479 e. The molecule has 8 nitrogen and oxygen atoms in total. The van der Waals surface area contributed by atoms with E-state index in [0.29, 0.717) is 31.2 Å². The molecule has 27 heavy (non-hydrogen) atoms. The van der Waals surface area contributed by atoms with Gasteiger partial charge in [0.25, 0.3) is 0 Å². The van der Waals surface area contributed by atoms with Gasteiger partial charge in [-0.25, -0.2) is 14.6 Å². The zero-order valence-electron chi connectivity index (χ0n) is 16.6. The molecule has 0 aliphatic rings. The predicted octanol–water partition coefficient (Wildman–Crippen LogP) is 2.45. The number of aryl methyl sites for hydroxylation is 5. The Hall–Kier alpha value is -2.90. The molecule has 144 valence electrons. The fourth-order valence-electron chi connectivity index (χ4n) is 3.22. The van der Waals surface area contributed by atoms with Gasteiger partial charge in [0.1, 0.15) is 5.76 Å². The zero-order valence-corrected chi connectivity index (χ0v) is 16.6. The van der Waals surface area contributed by atoms with Crippen molar-refractivity contribution in [1.29, 1.82) is 0 Å². The Labute approximate surface area is 157 Å². The van der Waals surface area contributed by atoms with E-state index in [1.807, 2.05) is 34.7 Å². The summed E-state index contributed by atoms with van der Waals surface area (Å²) in [5.74, 6) is 1.79. The van der Waals surface area contributed by atoms with Crippen LogP contribution in [0.4, 0.5) is 0 Å². The van der Waals surface area contributed by atoms with Crippen molar-refractivity contribution in [2.75, 3.05) is 7.11 Å². The molecule has 0 aliphatic heterocycles. The van der Waals surface area contributed by atoms with Crippen LogP contribution in [0.5, 0.6) is 5.88 Å². The number of hydrogen-bond acceptors (Lipinski definition) is 6. The minimum atomic E-state index is -0.0550. The maximum absolute atomic E-state index is 12.3. The first kappa shape index (κ1) is 18.9. The molecule has 8 heteroatoms. The number of carbonyl (C=O) groups excluding carboxylic acids is 1. The first-order chi connectivity index (χ1) is 12.8. The number of fused-ring (bicyclic) bond motifs is 1. The average molecular weight is 371 g/mol. The van der Waals surface area contributed by atoms with E-state index >= 15 is 0 Å². The third-order valence-electron chi connectivity index (χ3n) is 4.83. The molecule has 0 aromatic carbocycles. The molecule has 0 radical (unpaired) electrons. The van der Waals surface area contributed by atoms with Gasteiger partial charge in [0.15, 0.2) is 5.65 Å². The number of aromatic nitrogens is 4. The van der Waals surface area contributed by atoms with Gasteiger partial charge in [-0.1, -0.05) is 0 Å². The third kappa shape index (κ3) is 3.65. The van der Waals surface area contributed by atoms with Gasteiger partial charge in [-0.05, 0) is 45.2 Å². The van der Waals surface area contributed by atoms with Crippen molar-refractivity contribution in [2.45, 2.75) is 47.1 Å². The maximum Gasteiger partial charge on any atom is 0.242 e. The van der Waals surface area contributed by atoms with Crippen LogP contribution in [0.25, 0.3) is 11.0 Å². The van der Waals surface area contributed by atoms with E-state index in [1.165, 1.54) is 0 Å². The van der Waals surface area contributed by atoms with Crippen molar-refractivity contribution in [2.24, 2.45) is 7.05 Å². The molecule has 0 saturated heterocycles. The number of oxazole rings is 1. The Morgan fingerprint density at radius 2 is 1.93 bits per heavy atom. The number of nitrogens with one attached hydrogen (secondary N) is 1. The second-order valence-corrected chi connectivity index (χ2v) is 6.66. The minimum absolute atomic E-state index is 0.0550. The fraction of sp³-hybridized carbons (Fsp3) is 0.474. The van der Waals surface area contributed by atoms with Crippen LogP contribution in [-0.2, 0) is 24.8 Å². The lowest BCUT2D eigenvalue weighted by molar-refractivity contribution is -0.121. The molecule has 1 amide bonds. The highest BCUT2D eigenvalue weighted by Crippen LogP contribution is 2.30. The van der Waals surface area contributed by atoms with E-state index in [2.05, 4.69) is 20.4 Å². The number of nitrogens with zero attached hydrogens (tertiary/aromatic N) is 4. The Morgan fingerprint density at radius 3 is 2.56 bits per heavy atom. The van der Waals surface area contributed by atoms with Gasteiger partial charge >= 0.3 is 0 Å². The van der Waals surface area contributed by atoms with Gasteiger partial charge in [-0.3, -0.25) is 4.79 Å². The number of rotatable bonds is 6. The molecule has 0 spiro atoms. The molecule has 1 N–H and O–H groups in total. The van der Waals surface area contributed by atoms with E-state index in [-0.39, 0.29) is 5.91 Å². The van der Waals surface area contributed by atoms with Gasteiger partial charge in [0.05, 0.1) is 24.7 Å². The summed E-state index contributed by atoms with van der Waals surface area (Å²) in [6.45, 7) is 8.00. The van der Waals surface area contributed by atoms with Crippen LogP contribution >= 0.6 is 0 Å². The van der Waals surface area contributed by atoms with Crippen molar-refractivity contribution in [1.82, 2.24) is 25.1 Å². The lowest BCUT2D eigenvalue weighted by Crippen LogP contribution is -2.23. The van der Waals surface area contributed by atoms with Crippen LogP contribution < -0.4 is 10.1 Å². The summed E-state index contributed by atoms with van der Waals surface area (Å²) < 4.78 is 12.6. The normalized spacial score (nSPS) is 11.2. The Kier molecular flexibility index (Phi) is 5.16. The van der Waals surface area contributed by atoms with Gasteiger partial charge < -0.3 is 14.5 Å². The summed E-state index contributed by atoms with van der Waals surface area (Å²) >= 11 is 0. The summed E-state index contributed by atoms with van der Waals surface area (Å²) in [5, 5.41) is 8.10. The van der Waals surface area contributed by atoms with Crippen LogP contribution in [0.3, 0.4) is 0 Å². The second kappa shape index (κ2) is 7.38. The van der Waals surface area contributed by atoms with E-state index in [1.54, 1.807) is 11.8 Å². The van der Waals surface area contributed by atoms with Crippen molar-refractivity contribution < 1.29 is 13.9 Å². The molecule has 0 aliphatic carbocycles. The summed E-state index contributed by atoms with van der Waals surface area (Å²) in [5.41, 5.74) is 4.62. The molecular formula is C19H25N5O3. The molecular weight excluding hydrogens is 346 g/mol. The molecule has 0 unspecified atom stereocenters. The van der Waals surface area contributed by atoms with E-state index in [4.69, 9.17) is 9.15 Å². The van der Waals surface area contributed by atoms with Crippen LogP contribution in [0.1, 0.15) is 40.6 Å². The van der Waals surface area contributed by atoms with Crippen LogP contribution in [0.15, 0.2) is 4.42 Å². The Balaban J connectivity index is 1.71. The molecule has 3 heterocycles. The van der Waals surface area contributed by atoms with Crippen LogP contribution in [-0.4, -0.2) is 32.8 Å². The number of methoxy groups -OCH3 is 1. The highest BCUT2D eigenvalue weighted by molar-refractivity contribution is 5.86. The van der Waals surface area contributed by atoms with Gasteiger partial charge in [0, 0.05) is 19.2 Å². The van der Waals surface area contributed by atoms with E-state index in [9.17, 15) is 4.79 Å². The van der Waals surface area contributed by atoms with Crippen molar-refractivity contribution in [3.8, 4) is 5.88 Å². The van der Waals surface area contributed by atoms with Gasteiger partial charge in [-0.2, -0.15) is 0 Å². The zero-order chi connectivity index (χ0) is 19.7. The van der Waals surface area contributed by atoms with Crippen molar-refractivity contribution >= 4 is 16.9 Å². The van der Waals surface area contributed by atoms with E-state index in [0.717, 1.165) is 39.3 Å². The molecule has 0 atom stereocenters. The first-order valence-electron chi connectivity index (χ1n) is 8.88. The standard InChI is InChI=1S/C19H25N5O3/c1-10-14(12(3)22-18-17(10)19(26-6)23-24(18)5)7-8-15(25)20-9-16-21-11(2)13(4)27-16/h7-9H2,1-6H3,(H,20,25). The molecule has 3 aromatic rings. The molecule has 0 fully saturated rings. The number of pyridine rings is 1. The largest absolute Gasteiger partial charge is 0.479 e. The summed E-state index contributed by atoms with van der Waals surface area (Å²) in [7, 11) is 3.44. The first-order valence-corrected chi connectivity index (χ1v) is 8.88. The number of carbonyl (C=O) groups is 1. The summed E-state index contributed by atoms with van der Waals surface area (Å²) in [6.07, 6.45) is 0.949. The average Bonchev–Trinajstić information content (AvgIpc) is 3.12. The van der Waals surface area contributed by atoms with Gasteiger partial charge in [-0.15, -0.1) is 5.10 Å². The number of ether oxygens (including phenoxy) is 1. The van der Waals surface area contributed by atoms with Crippen molar-refractivity contribution in [3.05, 3.63) is 34.2 Å². The number of amides is 1. The Morgan fingerprint density at radius 1 is 1.19 bits per heavy atom. The molecule has 3 rings (SSSR count). The number of hydrogen-bond donors (Lipinski definition) is 1. The SMILES string of the molecule is COc1nn(C)c2nc(C)c(CCC(=O)NCc3nc(C)c(C)o3)c(C)c12. The van der Waals surface area contributed by atoms with Crippen LogP contribution in [0, 0.1) is 27.7 Å². The maximum atomic E-state index is 12.3. The molecule has 3 aromatic heterocycles. The lowest BCUT2D eigenvalue weighted by atomic mass is 10.00.